The Hall–Kier alpha value is -2.56. The van der Waals surface area contributed by atoms with Crippen molar-refractivity contribution < 1.29 is 4.39 Å². The van der Waals surface area contributed by atoms with Gasteiger partial charge in [0.1, 0.15) is 5.82 Å². The van der Waals surface area contributed by atoms with Crippen LogP contribution in [0.15, 0.2) is 41.3 Å². The molecule has 0 radical (unpaired) electrons. The monoisotopic (exact) mass is 327 g/mol. The maximum Gasteiger partial charge on any atom is 0.274 e. The van der Waals surface area contributed by atoms with Crippen molar-refractivity contribution in [3.63, 3.8) is 0 Å². The molecule has 3 aromatic rings. The zero-order valence-corrected chi connectivity index (χ0v) is 14.2. The van der Waals surface area contributed by atoms with Gasteiger partial charge in [0.15, 0.2) is 0 Å². The second-order valence-corrected chi connectivity index (χ2v) is 7.46. The number of nitrogens with zero attached hydrogens (tertiary/aromatic N) is 1. The van der Waals surface area contributed by atoms with Crippen LogP contribution in [0.4, 0.5) is 10.1 Å². The summed E-state index contributed by atoms with van der Waals surface area (Å²) in [4.78, 5) is 15.4. The van der Waals surface area contributed by atoms with Crippen molar-refractivity contribution >= 4 is 16.6 Å². The summed E-state index contributed by atoms with van der Waals surface area (Å²) in [5, 5.41) is 0.821. The summed E-state index contributed by atoms with van der Waals surface area (Å²) in [6.07, 6.45) is 2.46. The molecule has 0 aliphatic rings. The number of H-pyrrole nitrogens is 1. The van der Waals surface area contributed by atoms with Crippen LogP contribution in [-0.4, -0.2) is 9.55 Å². The highest BCUT2D eigenvalue weighted by Crippen LogP contribution is 2.28. The summed E-state index contributed by atoms with van der Waals surface area (Å²) in [6.45, 7) is 6.74. The maximum absolute atomic E-state index is 13.9. The number of aromatic amines is 1. The Morgan fingerprint density at radius 2 is 2.00 bits per heavy atom. The number of nitrogens with two attached hydrogens (primary N) is 1. The van der Waals surface area contributed by atoms with Crippen LogP contribution in [0.25, 0.3) is 10.9 Å². The summed E-state index contributed by atoms with van der Waals surface area (Å²) < 4.78 is 15.5. The quantitative estimate of drug-likeness (QED) is 0.770. The van der Waals surface area contributed by atoms with E-state index >= 15 is 0 Å². The van der Waals surface area contributed by atoms with Crippen molar-refractivity contribution in [2.45, 2.75) is 33.7 Å². The first-order valence-corrected chi connectivity index (χ1v) is 7.98. The van der Waals surface area contributed by atoms with E-state index in [0.717, 1.165) is 28.6 Å². The maximum atomic E-state index is 13.9. The van der Waals surface area contributed by atoms with Crippen LogP contribution in [0.1, 0.15) is 32.0 Å². The van der Waals surface area contributed by atoms with Gasteiger partial charge in [0.05, 0.1) is 12.2 Å². The molecule has 0 saturated heterocycles. The smallest absolute Gasteiger partial charge is 0.274 e. The second-order valence-electron chi connectivity index (χ2n) is 7.46. The van der Waals surface area contributed by atoms with Crippen molar-refractivity contribution in [1.82, 2.24) is 9.55 Å². The summed E-state index contributed by atoms with van der Waals surface area (Å²) in [6, 6.07) is 8.31. The fourth-order valence-corrected chi connectivity index (χ4v) is 3.00. The number of nitrogen functional groups attached to an aromatic ring is 1. The number of benzene rings is 1. The topological polar surface area (TPSA) is 63.8 Å². The molecule has 0 unspecified atom stereocenters. The highest BCUT2D eigenvalue weighted by atomic mass is 19.1. The normalized spacial score (nSPS) is 12.0. The Labute approximate surface area is 140 Å². The van der Waals surface area contributed by atoms with Crippen LogP contribution >= 0.6 is 0 Å². The average molecular weight is 327 g/mol. The molecular formula is C19H22FN3O. The first kappa shape index (κ1) is 16.3. The summed E-state index contributed by atoms with van der Waals surface area (Å²) in [7, 11) is 0. The molecule has 3 rings (SSSR count). The lowest BCUT2D eigenvalue weighted by Crippen LogP contribution is -2.22. The Morgan fingerprint density at radius 1 is 1.25 bits per heavy atom. The molecule has 3 N–H and O–H groups in total. The molecule has 24 heavy (non-hydrogen) atoms. The minimum atomic E-state index is -0.242. The largest absolute Gasteiger partial charge is 0.394 e. The molecule has 0 atom stereocenters. The van der Waals surface area contributed by atoms with Crippen molar-refractivity contribution in [2.75, 3.05) is 5.73 Å². The molecule has 0 fully saturated rings. The predicted molar refractivity (Wildman–Crippen MR) is 95.6 cm³/mol. The van der Waals surface area contributed by atoms with Crippen molar-refractivity contribution in [2.24, 2.45) is 5.41 Å². The van der Waals surface area contributed by atoms with Crippen LogP contribution in [0.2, 0.25) is 0 Å². The molecule has 2 heterocycles. The lowest BCUT2D eigenvalue weighted by Gasteiger charge is -2.18. The molecule has 0 aliphatic carbocycles. The van der Waals surface area contributed by atoms with Gasteiger partial charge < -0.3 is 15.3 Å². The molecule has 2 aromatic heterocycles. The van der Waals surface area contributed by atoms with Gasteiger partial charge in [0.25, 0.3) is 5.56 Å². The minimum absolute atomic E-state index is 0.0524. The zero-order chi connectivity index (χ0) is 17.5. The third kappa shape index (κ3) is 3.35. The highest BCUT2D eigenvalue weighted by molar-refractivity contribution is 5.83. The van der Waals surface area contributed by atoms with E-state index in [4.69, 9.17) is 5.73 Å². The van der Waals surface area contributed by atoms with Crippen LogP contribution in [0, 0.1) is 11.2 Å². The van der Waals surface area contributed by atoms with Gasteiger partial charge in [-0.1, -0.05) is 20.8 Å². The molecule has 0 bridgehead atoms. The number of aromatic nitrogens is 2. The van der Waals surface area contributed by atoms with E-state index in [-0.39, 0.29) is 22.5 Å². The van der Waals surface area contributed by atoms with Gasteiger partial charge >= 0.3 is 0 Å². The SMILES string of the molecule is CC(C)(C)Cc1cc(F)cc2cc(Cn3cccc(N)c3=O)[nH]c12. The van der Waals surface area contributed by atoms with E-state index < -0.39 is 0 Å². The molecule has 126 valence electrons. The number of nitrogens with one attached hydrogen (secondary N) is 1. The van der Waals surface area contributed by atoms with Crippen LogP contribution in [0.5, 0.6) is 0 Å². The molecule has 4 nitrogen and oxygen atoms in total. The summed E-state index contributed by atoms with van der Waals surface area (Å²) >= 11 is 0. The second kappa shape index (κ2) is 5.82. The number of rotatable bonds is 3. The van der Waals surface area contributed by atoms with E-state index in [2.05, 4.69) is 25.8 Å². The standard InChI is InChI=1S/C19H22FN3O/c1-19(2,3)10-13-8-14(20)7-12-9-15(22-17(12)13)11-23-6-4-5-16(21)18(23)24/h4-9,22H,10-11,21H2,1-3H3. The lowest BCUT2D eigenvalue weighted by atomic mass is 9.87. The Balaban J connectivity index is 2.03. The number of hydrogen-bond acceptors (Lipinski definition) is 2. The molecule has 1 aromatic carbocycles. The van der Waals surface area contributed by atoms with Crippen molar-refractivity contribution in [1.29, 1.82) is 0 Å². The van der Waals surface area contributed by atoms with Crippen LogP contribution in [-0.2, 0) is 13.0 Å². The third-order valence-corrected chi connectivity index (χ3v) is 3.94. The van der Waals surface area contributed by atoms with Gasteiger partial charge in [-0.3, -0.25) is 4.79 Å². The van der Waals surface area contributed by atoms with Crippen LogP contribution < -0.4 is 11.3 Å². The van der Waals surface area contributed by atoms with E-state index in [1.54, 1.807) is 29.0 Å². The molecule has 0 amide bonds. The van der Waals surface area contributed by atoms with Gasteiger partial charge in [-0.25, -0.2) is 4.39 Å². The summed E-state index contributed by atoms with van der Waals surface area (Å²) in [5.74, 6) is -0.242. The first-order chi connectivity index (χ1) is 11.2. The highest BCUT2D eigenvalue weighted by Gasteiger charge is 2.16. The minimum Gasteiger partial charge on any atom is -0.394 e. The number of halogens is 1. The fraction of sp³-hybridized carbons (Fsp3) is 0.316. The fourth-order valence-electron chi connectivity index (χ4n) is 3.00. The van der Waals surface area contributed by atoms with Gasteiger partial charge in [-0.15, -0.1) is 0 Å². The van der Waals surface area contributed by atoms with Crippen molar-refractivity contribution in [3.05, 3.63) is 64.0 Å². The summed E-state index contributed by atoms with van der Waals surface area (Å²) in [5.41, 5.74) is 8.44. The molecule has 5 heteroatoms. The average Bonchev–Trinajstić information content (AvgIpc) is 2.85. The predicted octanol–water partition coefficient (Wildman–Crippen LogP) is 3.69. The van der Waals surface area contributed by atoms with Crippen LogP contribution in [0.3, 0.4) is 0 Å². The zero-order valence-electron chi connectivity index (χ0n) is 14.2. The molecule has 0 saturated carbocycles. The number of hydrogen-bond donors (Lipinski definition) is 2. The molecule has 0 spiro atoms. The van der Waals surface area contributed by atoms with Gasteiger partial charge in [-0.05, 0) is 47.7 Å². The Morgan fingerprint density at radius 3 is 2.71 bits per heavy atom. The Bertz CT molecular complexity index is 947. The Kier molecular flexibility index (Phi) is 3.95. The molecular weight excluding hydrogens is 305 g/mol. The number of pyridine rings is 1. The van der Waals surface area contributed by atoms with E-state index in [1.807, 2.05) is 6.07 Å². The lowest BCUT2D eigenvalue weighted by molar-refractivity contribution is 0.411. The van der Waals surface area contributed by atoms with Gasteiger partial charge in [0, 0.05) is 22.8 Å². The van der Waals surface area contributed by atoms with Gasteiger partial charge in [-0.2, -0.15) is 0 Å². The number of fused-ring (bicyclic) bond motifs is 1. The third-order valence-electron chi connectivity index (χ3n) is 3.94. The van der Waals surface area contributed by atoms with E-state index in [9.17, 15) is 9.18 Å². The first-order valence-electron chi connectivity index (χ1n) is 7.98. The number of anilines is 1. The van der Waals surface area contributed by atoms with E-state index in [0.29, 0.717) is 6.54 Å². The van der Waals surface area contributed by atoms with E-state index in [1.165, 1.54) is 6.07 Å². The molecule has 0 aliphatic heterocycles. The van der Waals surface area contributed by atoms with Crippen molar-refractivity contribution in [3.8, 4) is 0 Å². The van der Waals surface area contributed by atoms with Gasteiger partial charge in [0.2, 0.25) is 0 Å².